The van der Waals surface area contributed by atoms with E-state index in [0.29, 0.717) is 0 Å². The molecule has 2 N–H and O–H groups in total. The summed E-state index contributed by atoms with van der Waals surface area (Å²) in [5.41, 5.74) is 4.51. The van der Waals surface area contributed by atoms with Crippen LogP contribution in [0.3, 0.4) is 0 Å². The van der Waals surface area contributed by atoms with Crippen LogP contribution >= 0.6 is 11.6 Å². The van der Waals surface area contributed by atoms with E-state index >= 15 is 0 Å². The predicted molar refractivity (Wildman–Crippen MR) is 45.2 cm³/mol. The van der Waals surface area contributed by atoms with Gasteiger partial charge in [0.15, 0.2) is 0 Å². The van der Waals surface area contributed by atoms with Crippen molar-refractivity contribution in [1.29, 1.82) is 0 Å². The van der Waals surface area contributed by atoms with Crippen LogP contribution in [0.15, 0.2) is 6.07 Å². The summed E-state index contributed by atoms with van der Waals surface area (Å²) in [6.45, 7) is 0. The molecule has 0 saturated carbocycles. The third kappa shape index (κ3) is 1.98. The Hall–Kier alpha value is -1.10. The molecule has 0 fully saturated rings. The number of halogens is 3. The van der Waals surface area contributed by atoms with Crippen LogP contribution in [0.25, 0.3) is 0 Å². The molecule has 1 heterocycles. The van der Waals surface area contributed by atoms with Crippen molar-refractivity contribution in [1.82, 2.24) is 4.98 Å². The van der Waals surface area contributed by atoms with Crippen LogP contribution in [-0.4, -0.2) is 12.1 Å². The Balaban J connectivity index is 3.25. The van der Waals surface area contributed by atoms with E-state index in [1.54, 1.807) is 0 Å². The first-order chi connectivity index (χ1) is 6.06. The lowest BCUT2D eigenvalue weighted by molar-refractivity contribution is 0.146. The van der Waals surface area contributed by atoms with Crippen molar-refractivity contribution in [3.63, 3.8) is 0 Å². The molecule has 3 nitrogen and oxygen atoms in total. The molecule has 0 unspecified atom stereocenters. The maximum atomic E-state index is 12.3. The number of alkyl halides is 2. The molecule has 13 heavy (non-hydrogen) atoms. The lowest BCUT2D eigenvalue weighted by Crippen LogP contribution is -2.01. The number of anilines is 1. The molecular weight excluding hydrogens is 202 g/mol. The first-order valence-electron chi connectivity index (χ1n) is 3.34. The third-order valence-corrected chi connectivity index (χ3v) is 1.74. The highest BCUT2D eigenvalue weighted by Gasteiger charge is 2.17. The van der Waals surface area contributed by atoms with Crippen molar-refractivity contribution in [2.45, 2.75) is 6.43 Å². The van der Waals surface area contributed by atoms with Crippen molar-refractivity contribution in [2.24, 2.45) is 0 Å². The van der Waals surface area contributed by atoms with E-state index in [1.165, 1.54) is 13.2 Å². The van der Waals surface area contributed by atoms with E-state index < -0.39 is 12.1 Å². The molecule has 0 radical (unpaired) electrons. The molecule has 0 aromatic carbocycles. The molecule has 1 rings (SSSR count). The van der Waals surface area contributed by atoms with Gasteiger partial charge in [0.1, 0.15) is 5.69 Å². The fourth-order valence-corrected chi connectivity index (χ4v) is 0.981. The molecule has 1 aromatic rings. The summed E-state index contributed by atoms with van der Waals surface area (Å²) in [7, 11) is 1.31. The van der Waals surface area contributed by atoms with Crippen LogP contribution in [0.1, 0.15) is 12.1 Å². The largest absolute Gasteiger partial charge is 0.481 e. The van der Waals surface area contributed by atoms with Crippen molar-refractivity contribution >= 4 is 17.3 Å². The van der Waals surface area contributed by atoms with Gasteiger partial charge in [0.2, 0.25) is 5.88 Å². The van der Waals surface area contributed by atoms with Crippen molar-refractivity contribution in [3.05, 3.63) is 16.8 Å². The van der Waals surface area contributed by atoms with Gasteiger partial charge in [0, 0.05) is 6.07 Å². The number of rotatable bonds is 2. The standard InChI is InChI=1S/C7H7ClF2N2O/c1-13-4-2-3(8)5(11)6(12-4)7(9)10/h2,7H,11H2,1H3. The van der Waals surface area contributed by atoms with E-state index in [1.807, 2.05) is 0 Å². The zero-order valence-corrected chi connectivity index (χ0v) is 7.48. The third-order valence-electron chi connectivity index (χ3n) is 1.43. The first kappa shape index (κ1) is 9.98. The van der Waals surface area contributed by atoms with E-state index in [9.17, 15) is 8.78 Å². The number of pyridine rings is 1. The van der Waals surface area contributed by atoms with E-state index in [4.69, 9.17) is 17.3 Å². The van der Waals surface area contributed by atoms with E-state index in [-0.39, 0.29) is 16.6 Å². The number of hydrogen-bond donors (Lipinski definition) is 1. The number of nitrogens with two attached hydrogens (primary N) is 1. The summed E-state index contributed by atoms with van der Waals surface area (Å²) in [5, 5.41) is 0.0159. The number of hydrogen-bond acceptors (Lipinski definition) is 3. The molecule has 72 valence electrons. The Morgan fingerprint density at radius 2 is 2.23 bits per heavy atom. The lowest BCUT2D eigenvalue weighted by atomic mass is 10.3. The van der Waals surface area contributed by atoms with Crippen LogP contribution in [-0.2, 0) is 0 Å². The molecule has 0 amide bonds. The molecule has 0 spiro atoms. The lowest BCUT2D eigenvalue weighted by Gasteiger charge is -2.07. The maximum Gasteiger partial charge on any atom is 0.282 e. The van der Waals surface area contributed by atoms with Crippen LogP contribution in [0.2, 0.25) is 5.02 Å². The molecule has 0 bridgehead atoms. The molecule has 0 aliphatic heterocycles. The summed E-state index contributed by atoms with van der Waals surface area (Å²) in [5.74, 6) is 0.0227. The Morgan fingerprint density at radius 1 is 1.62 bits per heavy atom. The minimum atomic E-state index is -2.76. The summed E-state index contributed by atoms with van der Waals surface area (Å²) < 4.78 is 29.2. The zero-order chi connectivity index (χ0) is 10.0. The summed E-state index contributed by atoms with van der Waals surface area (Å²) in [6.07, 6.45) is -2.76. The predicted octanol–water partition coefficient (Wildman–Crippen LogP) is 2.26. The van der Waals surface area contributed by atoms with Crippen molar-refractivity contribution < 1.29 is 13.5 Å². The summed E-state index contributed by atoms with van der Waals surface area (Å²) >= 11 is 5.56. The number of aromatic nitrogens is 1. The van der Waals surface area contributed by atoms with Gasteiger partial charge in [-0.1, -0.05) is 11.6 Å². The SMILES string of the molecule is COc1cc(Cl)c(N)c(C(F)F)n1. The highest BCUT2D eigenvalue weighted by molar-refractivity contribution is 6.33. The van der Waals surface area contributed by atoms with Gasteiger partial charge >= 0.3 is 0 Å². The van der Waals surface area contributed by atoms with Gasteiger partial charge in [-0.05, 0) is 0 Å². The van der Waals surface area contributed by atoms with Gasteiger partial charge in [-0.3, -0.25) is 0 Å². The van der Waals surface area contributed by atoms with Crippen molar-refractivity contribution in [3.8, 4) is 5.88 Å². The van der Waals surface area contributed by atoms with E-state index in [2.05, 4.69) is 9.72 Å². The number of nitrogen functional groups attached to an aromatic ring is 1. The molecule has 1 aromatic heterocycles. The van der Waals surface area contributed by atoms with Crippen LogP contribution < -0.4 is 10.5 Å². The van der Waals surface area contributed by atoms with Crippen LogP contribution in [0.4, 0.5) is 14.5 Å². The maximum absolute atomic E-state index is 12.3. The van der Waals surface area contributed by atoms with Gasteiger partial charge in [0.25, 0.3) is 6.43 Å². The quantitative estimate of drug-likeness (QED) is 0.811. The number of nitrogens with zero attached hydrogens (tertiary/aromatic N) is 1. The van der Waals surface area contributed by atoms with Gasteiger partial charge in [-0.2, -0.15) is 0 Å². The van der Waals surface area contributed by atoms with Gasteiger partial charge < -0.3 is 10.5 Å². The second-order valence-corrected chi connectivity index (χ2v) is 2.65. The summed E-state index contributed by atoms with van der Waals surface area (Å²) in [6, 6.07) is 1.28. The fraction of sp³-hybridized carbons (Fsp3) is 0.286. The summed E-state index contributed by atoms with van der Waals surface area (Å²) in [4.78, 5) is 3.47. The van der Waals surface area contributed by atoms with Crippen LogP contribution in [0.5, 0.6) is 5.88 Å². The monoisotopic (exact) mass is 208 g/mol. The van der Waals surface area contributed by atoms with Crippen LogP contribution in [0, 0.1) is 0 Å². The average molecular weight is 209 g/mol. The second-order valence-electron chi connectivity index (χ2n) is 2.25. The minimum absolute atomic E-state index is 0.0159. The average Bonchev–Trinajstić information content (AvgIpc) is 2.09. The van der Waals surface area contributed by atoms with Gasteiger partial charge in [-0.25, -0.2) is 13.8 Å². The molecule has 0 atom stereocenters. The van der Waals surface area contributed by atoms with Gasteiger partial charge in [0.05, 0.1) is 17.8 Å². The Kier molecular flexibility index (Phi) is 2.87. The fourth-order valence-electron chi connectivity index (χ4n) is 0.791. The number of methoxy groups -OCH3 is 1. The Morgan fingerprint density at radius 3 is 2.69 bits per heavy atom. The molecule has 0 aliphatic rings. The topological polar surface area (TPSA) is 48.1 Å². The molecule has 0 aliphatic carbocycles. The highest BCUT2D eigenvalue weighted by atomic mass is 35.5. The normalized spacial score (nSPS) is 10.5. The minimum Gasteiger partial charge on any atom is -0.481 e. The second kappa shape index (κ2) is 3.74. The van der Waals surface area contributed by atoms with Crippen molar-refractivity contribution in [2.75, 3.05) is 12.8 Å². The Bertz CT molecular complexity index is 320. The number of ether oxygens (including phenoxy) is 1. The molecular formula is C7H7ClF2N2O. The highest BCUT2D eigenvalue weighted by Crippen LogP contribution is 2.31. The van der Waals surface area contributed by atoms with E-state index in [0.717, 1.165) is 0 Å². The molecule has 6 heteroatoms. The smallest absolute Gasteiger partial charge is 0.282 e. The van der Waals surface area contributed by atoms with Gasteiger partial charge in [-0.15, -0.1) is 0 Å². The Labute approximate surface area is 78.5 Å². The molecule has 0 saturated heterocycles. The zero-order valence-electron chi connectivity index (χ0n) is 6.72. The first-order valence-corrected chi connectivity index (χ1v) is 3.72.